The Morgan fingerprint density at radius 1 is 0.600 bits per heavy atom. The van der Waals surface area contributed by atoms with E-state index in [2.05, 4.69) is 75.2 Å². The van der Waals surface area contributed by atoms with Crippen molar-refractivity contribution in [1.29, 1.82) is 0 Å². The Bertz CT molecular complexity index is 486. The molecule has 1 fully saturated rings. The van der Waals surface area contributed by atoms with Crippen molar-refractivity contribution in [3.8, 4) is 0 Å². The van der Waals surface area contributed by atoms with E-state index in [0.717, 1.165) is 12.8 Å². The Kier molecular flexibility index (Phi) is 3.91. The Labute approximate surface area is 122 Å². The number of benzene rings is 2. The zero-order valence-electron chi connectivity index (χ0n) is 12.3. The lowest BCUT2D eigenvalue weighted by Crippen LogP contribution is -2.13. The van der Waals surface area contributed by atoms with Gasteiger partial charge in [-0.25, -0.2) is 0 Å². The van der Waals surface area contributed by atoms with Gasteiger partial charge in [0.05, 0.1) is 0 Å². The maximum atomic E-state index is 2.50. The first-order chi connectivity index (χ1) is 9.72. The highest BCUT2D eigenvalue weighted by molar-refractivity contribution is 5.32. The van der Waals surface area contributed by atoms with Gasteiger partial charge in [-0.05, 0) is 62.5 Å². The standard InChI is InChI=1S/C20H22/c1-15-3-7-17(8-4-15)19-11-13-20(14-12-19)18-9-5-16(2)6-10-18/h3-11,14,19-20H,12-13H2,1-2H3. The predicted octanol–water partition coefficient (Wildman–Crippen LogP) is 5.37. The Morgan fingerprint density at radius 3 is 1.25 bits per heavy atom. The summed E-state index contributed by atoms with van der Waals surface area (Å²) in [7, 11) is 0. The highest BCUT2D eigenvalue weighted by Gasteiger charge is 2.23. The summed E-state index contributed by atoms with van der Waals surface area (Å²) in [6, 6.07) is 18.0. The second-order valence-electron chi connectivity index (χ2n) is 5.98. The molecule has 0 saturated heterocycles. The van der Waals surface area contributed by atoms with Crippen molar-refractivity contribution >= 4 is 0 Å². The molecule has 0 heteroatoms. The summed E-state index contributed by atoms with van der Waals surface area (Å²) in [6.07, 6.45) is 7.30. The minimum Gasteiger partial charge on any atom is -0.0590 e. The van der Waals surface area contributed by atoms with Gasteiger partial charge in [0, 0.05) is 0 Å². The monoisotopic (exact) mass is 262 g/mol. The van der Waals surface area contributed by atoms with Crippen molar-refractivity contribution in [2.75, 3.05) is 0 Å². The maximum absolute atomic E-state index is 2.50. The fourth-order valence-electron chi connectivity index (χ4n) is 2.99. The molecule has 0 amide bonds. The molecular weight excluding hydrogens is 240 g/mol. The smallest absolute Gasteiger partial charge is 0.0128 e. The number of hydrogen-bond acceptors (Lipinski definition) is 0. The first kappa shape index (κ1) is 13.4. The number of hydrogen-bond donors (Lipinski definition) is 0. The van der Waals surface area contributed by atoms with E-state index in [9.17, 15) is 0 Å². The summed E-state index contributed by atoms with van der Waals surface area (Å²) in [5, 5.41) is 0. The van der Waals surface area contributed by atoms with Crippen LogP contribution >= 0.6 is 0 Å². The first-order valence-corrected chi connectivity index (χ1v) is 7.52. The van der Waals surface area contributed by atoms with Crippen LogP contribution in [0.4, 0.5) is 0 Å². The summed E-state index contributed by atoms with van der Waals surface area (Å²) >= 11 is 0. The second kappa shape index (κ2) is 5.83. The van der Waals surface area contributed by atoms with E-state index in [-0.39, 0.29) is 0 Å². The highest BCUT2D eigenvalue weighted by Crippen LogP contribution is 2.39. The molecule has 2 atom stereocenters. The lowest BCUT2D eigenvalue weighted by molar-refractivity contribution is 0.575. The molecule has 2 aromatic carbocycles. The van der Waals surface area contributed by atoms with E-state index in [0.29, 0.717) is 11.8 Å². The van der Waals surface area contributed by atoms with E-state index in [1.165, 1.54) is 22.3 Å². The van der Waals surface area contributed by atoms with Crippen molar-refractivity contribution in [2.24, 2.45) is 0 Å². The normalized spacial score (nSPS) is 22.7. The minimum atomic E-state index is 0.595. The van der Waals surface area contributed by atoms with Crippen LogP contribution in [0.25, 0.3) is 0 Å². The predicted molar refractivity (Wildman–Crippen MR) is 85.7 cm³/mol. The van der Waals surface area contributed by atoms with E-state index in [1.54, 1.807) is 0 Å². The zero-order valence-corrected chi connectivity index (χ0v) is 12.3. The van der Waals surface area contributed by atoms with E-state index in [1.807, 2.05) is 0 Å². The Morgan fingerprint density at radius 2 is 0.950 bits per heavy atom. The van der Waals surface area contributed by atoms with Crippen LogP contribution in [0.1, 0.15) is 46.9 Å². The van der Waals surface area contributed by atoms with Gasteiger partial charge < -0.3 is 0 Å². The molecular formula is C20H22. The third-order valence-electron chi connectivity index (χ3n) is 4.36. The molecule has 2 aromatic rings. The topological polar surface area (TPSA) is 0 Å². The van der Waals surface area contributed by atoms with Crippen LogP contribution in [0.5, 0.6) is 0 Å². The van der Waals surface area contributed by atoms with Gasteiger partial charge in [-0.3, -0.25) is 0 Å². The van der Waals surface area contributed by atoms with Crippen LogP contribution in [0.2, 0.25) is 0 Å². The van der Waals surface area contributed by atoms with Crippen LogP contribution in [-0.4, -0.2) is 0 Å². The van der Waals surface area contributed by atoms with E-state index in [4.69, 9.17) is 0 Å². The van der Waals surface area contributed by atoms with Gasteiger partial charge in [-0.2, -0.15) is 0 Å². The van der Waals surface area contributed by atoms with Crippen molar-refractivity contribution in [3.05, 3.63) is 83.6 Å². The zero-order chi connectivity index (χ0) is 13.9. The lowest BCUT2D eigenvalue weighted by atomic mass is 9.76. The largest absolute Gasteiger partial charge is 0.0590 e. The van der Waals surface area contributed by atoms with Crippen molar-refractivity contribution in [2.45, 2.75) is 38.5 Å². The first-order valence-electron chi connectivity index (χ1n) is 7.52. The van der Waals surface area contributed by atoms with Gasteiger partial charge in [0.1, 0.15) is 0 Å². The van der Waals surface area contributed by atoms with Gasteiger partial charge in [0.2, 0.25) is 0 Å². The summed E-state index contributed by atoms with van der Waals surface area (Å²) in [6.45, 7) is 4.29. The summed E-state index contributed by atoms with van der Waals surface area (Å²) in [5.74, 6) is 1.19. The lowest BCUT2D eigenvalue weighted by Gasteiger charge is -2.28. The summed E-state index contributed by atoms with van der Waals surface area (Å²) in [4.78, 5) is 0. The van der Waals surface area contributed by atoms with Crippen LogP contribution in [-0.2, 0) is 0 Å². The molecule has 1 aliphatic rings. The number of rotatable bonds is 2. The summed E-state index contributed by atoms with van der Waals surface area (Å²) in [5.41, 5.74) is 5.58. The maximum Gasteiger partial charge on any atom is -0.0128 e. The molecule has 0 aliphatic heterocycles. The molecule has 2 unspecified atom stereocenters. The van der Waals surface area contributed by atoms with Crippen molar-refractivity contribution < 1.29 is 0 Å². The van der Waals surface area contributed by atoms with Crippen molar-refractivity contribution in [1.82, 2.24) is 0 Å². The van der Waals surface area contributed by atoms with E-state index < -0.39 is 0 Å². The average molecular weight is 262 g/mol. The summed E-state index contributed by atoms with van der Waals surface area (Å²) < 4.78 is 0. The molecule has 0 heterocycles. The van der Waals surface area contributed by atoms with Crippen LogP contribution in [0.3, 0.4) is 0 Å². The van der Waals surface area contributed by atoms with Gasteiger partial charge in [0.25, 0.3) is 0 Å². The molecule has 0 nitrogen and oxygen atoms in total. The fraction of sp³-hybridized carbons (Fsp3) is 0.300. The van der Waals surface area contributed by atoms with E-state index >= 15 is 0 Å². The van der Waals surface area contributed by atoms with Gasteiger partial charge in [-0.15, -0.1) is 0 Å². The van der Waals surface area contributed by atoms with Crippen LogP contribution in [0.15, 0.2) is 48.5 Å². The molecule has 3 rings (SSSR count). The molecule has 0 spiro atoms. The van der Waals surface area contributed by atoms with Crippen LogP contribution < -0.4 is 0 Å². The third-order valence-corrected chi connectivity index (χ3v) is 4.36. The molecule has 0 N–H and O–H groups in total. The van der Waals surface area contributed by atoms with Gasteiger partial charge in [-0.1, -0.05) is 59.7 Å². The second-order valence-corrected chi connectivity index (χ2v) is 5.98. The molecule has 1 aliphatic carbocycles. The molecule has 1 saturated carbocycles. The number of aryl methyl sites for hydroxylation is 2. The third kappa shape index (κ3) is 2.95. The Hall–Kier alpha value is -1.56. The van der Waals surface area contributed by atoms with Crippen molar-refractivity contribution in [3.63, 3.8) is 0 Å². The van der Waals surface area contributed by atoms with Crippen LogP contribution in [0, 0.1) is 26.7 Å². The van der Waals surface area contributed by atoms with Gasteiger partial charge in [0.15, 0.2) is 0 Å². The minimum absolute atomic E-state index is 0.595. The molecule has 0 bridgehead atoms. The Balaban J connectivity index is 1.64. The molecule has 0 aromatic heterocycles. The molecule has 102 valence electrons. The molecule has 20 heavy (non-hydrogen) atoms. The average Bonchev–Trinajstić information content (AvgIpc) is 2.49. The quantitative estimate of drug-likeness (QED) is 0.682. The molecule has 2 radical (unpaired) electrons. The van der Waals surface area contributed by atoms with Gasteiger partial charge >= 0.3 is 0 Å². The fourth-order valence-corrected chi connectivity index (χ4v) is 2.99. The highest BCUT2D eigenvalue weighted by atomic mass is 14.3. The SMILES string of the molecule is Cc1ccc(C2[CH]CC(c3ccc(C)cc3)[CH]C2)cc1.